The van der Waals surface area contributed by atoms with Crippen molar-refractivity contribution in [2.75, 3.05) is 25.0 Å². The van der Waals surface area contributed by atoms with Crippen molar-refractivity contribution in [1.82, 2.24) is 10.2 Å². The van der Waals surface area contributed by atoms with E-state index in [9.17, 15) is 14.4 Å². The van der Waals surface area contributed by atoms with Gasteiger partial charge >= 0.3 is 0 Å². The van der Waals surface area contributed by atoms with E-state index in [4.69, 9.17) is 0 Å². The summed E-state index contributed by atoms with van der Waals surface area (Å²) in [5.41, 5.74) is 1.54. The zero-order chi connectivity index (χ0) is 21.1. The summed E-state index contributed by atoms with van der Waals surface area (Å²) in [5.74, 6) is -0.802. The standard InChI is InChI=1S/C23H35N3O3/c1-3-26(4-2)16-9-7-5-6-8-13-21(27)24-19-12-10-11-18(17-19)20-14-15-22(28)25-23(20)29/h10-12,17,20H,3-9,13-16H2,1-2H3,(H,24,27)(H,25,28,29). The highest BCUT2D eigenvalue weighted by atomic mass is 16.2. The molecular formula is C23H35N3O3. The summed E-state index contributed by atoms with van der Waals surface area (Å²) in [4.78, 5) is 38.0. The Morgan fingerprint density at radius 1 is 1.10 bits per heavy atom. The summed E-state index contributed by atoms with van der Waals surface area (Å²) >= 11 is 0. The van der Waals surface area contributed by atoms with Gasteiger partial charge in [0.15, 0.2) is 0 Å². The van der Waals surface area contributed by atoms with Crippen LogP contribution in [0.3, 0.4) is 0 Å². The molecule has 1 aliphatic heterocycles. The second-order valence-corrected chi connectivity index (χ2v) is 7.72. The molecule has 0 aromatic heterocycles. The smallest absolute Gasteiger partial charge is 0.234 e. The van der Waals surface area contributed by atoms with Crippen LogP contribution in [0, 0.1) is 0 Å². The molecule has 2 N–H and O–H groups in total. The maximum atomic E-state index is 12.2. The van der Waals surface area contributed by atoms with Crippen LogP contribution < -0.4 is 10.6 Å². The lowest BCUT2D eigenvalue weighted by Crippen LogP contribution is -2.39. The third kappa shape index (κ3) is 7.97. The Kier molecular flexibility index (Phi) is 9.84. The molecule has 6 nitrogen and oxygen atoms in total. The van der Waals surface area contributed by atoms with Gasteiger partial charge in [-0.05, 0) is 56.6 Å². The number of imide groups is 1. The number of piperidine rings is 1. The van der Waals surface area contributed by atoms with Crippen LogP contribution in [-0.4, -0.2) is 42.3 Å². The van der Waals surface area contributed by atoms with E-state index in [0.29, 0.717) is 24.9 Å². The quantitative estimate of drug-likeness (QED) is 0.412. The predicted octanol–water partition coefficient (Wildman–Crippen LogP) is 3.83. The molecule has 1 saturated heterocycles. The number of nitrogens with one attached hydrogen (secondary N) is 2. The number of nitrogens with zero attached hydrogens (tertiary/aromatic N) is 1. The highest BCUT2D eigenvalue weighted by molar-refractivity contribution is 6.01. The van der Waals surface area contributed by atoms with Gasteiger partial charge < -0.3 is 10.2 Å². The van der Waals surface area contributed by atoms with Gasteiger partial charge in [0.05, 0.1) is 5.92 Å². The third-order valence-electron chi connectivity index (χ3n) is 5.58. The van der Waals surface area contributed by atoms with E-state index in [1.54, 1.807) is 0 Å². The number of rotatable bonds is 12. The molecule has 160 valence electrons. The first-order chi connectivity index (χ1) is 14.0. The monoisotopic (exact) mass is 401 g/mol. The topological polar surface area (TPSA) is 78.5 Å². The number of unbranched alkanes of at least 4 members (excludes halogenated alkanes) is 4. The molecule has 0 saturated carbocycles. The number of anilines is 1. The molecule has 29 heavy (non-hydrogen) atoms. The Bertz CT molecular complexity index is 686. The highest BCUT2D eigenvalue weighted by Crippen LogP contribution is 2.26. The second kappa shape index (κ2) is 12.4. The van der Waals surface area contributed by atoms with Crippen molar-refractivity contribution in [3.63, 3.8) is 0 Å². The minimum Gasteiger partial charge on any atom is -0.326 e. The van der Waals surface area contributed by atoms with E-state index >= 15 is 0 Å². The van der Waals surface area contributed by atoms with Gasteiger partial charge in [-0.1, -0.05) is 45.2 Å². The first-order valence-corrected chi connectivity index (χ1v) is 11.0. The van der Waals surface area contributed by atoms with Crippen molar-refractivity contribution in [3.05, 3.63) is 29.8 Å². The van der Waals surface area contributed by atoms with E-state index in [2.05, 4.69) is 29.4 Å². The number of benzene rings is 1. The molecule has 2 rings (SSSR count). The summed E-state index contributed by atoms with van der Waals surface area (Å²) in [5, 5.41) is 5.31. The van der Waals surface area contributed by atoms with Gasteiger partial charge in [0, 0.05) is 18.5 Å². The van der Waals surface area contributed by atoms with E-state index in [1.165, 1.54) is 19.3 Å². The van der Waals surface area contributed by atoms with Gasteiger partial charge in [-0.25, -0.2) is 0 Å². The average Bonchev–Trinajstić information content (AvgIpc) is 2.70. The zero-order valence-corrected chi connectivity index (χ0v) is 17.8. The highest BCUT2D eigenvalue weighted by Gasteiger charge is 2.27. The van der Waals surface area contributed by atoms with E-state index in [0.717, 1.165) is 38.0 Å². The third-order valence-corrected chi connectivity index (χ3v) is 5.58. The predicted molar refractivity (Wildman–Crippen MR) is 116 cm³/mol. The normalized spacial score (nSPS) is 16.7. The number of amides is 3. The van der Waals surface area contributed by atoms with Crippen LogP contribution in [0.1, 0.15) is 76.7 Å². The van der Waals surface area contributed by atoms with Crippen molar-refractivity contribution >= 4 is 23.4 Å². The largest absolute Gasteiger partial charge is 0.326 e. The minimum absolute atomic E-state index is 0.00793. The van der Waals surface area contributed by atoms with E-state index < -0.39 is 0 Å². The van der Waals surface area contributed by atoms with Crippen LogP contribution in [-0.2, 0) is 14.4 Å². The van der Waals surface area contributed by atoms with E-state index in [1.807, 2.05) is 24.3 Å². The van der Waals surface area contributed by atoms with Gasteiger partial charge in [-0.15, -0.1) is 0 Å². The molecule has 1 fully saturated rings. The summed E-state index contributed by atoms with van der Waals surface area (Å²) in [7, 11) is 0. The molecule has 0 spiro atoms. The fourth-order valence-corrected chi connectivity index (χ4v) is 3.76. The first-order valence-electron chi connectivity index (χ1n) is 11.0. The lowest BCUT2D eigenvalue weighted by molar-refractivity contribution is -0.134. The zero-order valence-electron chi connectivity index (χ0n) is 17.8. The molecule has 1 aliphatic rings. The second-order valence-electron chi connectivity index (χ2n) is 7.72. The van der Waals surface area contributed by atoms with Crippen LogP contribution in [0.2, 0.25) is 0 Å². The van der Waals surface area contributed by atoms with Gasteiger partial charge in [-0.3, -0.25) is 19.7 Å². The van der Waals surface area contributed by atoms with Gasteiger partial charge in [0.2, 0.25) is 17.7 Å². The maximum absolute atomic E-state index is 12.2. The molecule has 0 aliphatic carbocycles. The molecule has 1 aromatic carbocycles. The van der Waals surface area contributed by atoms with Crippen molar-refractivity contribution in [2.24, 2.45) is 0 Å². The van der Waals surface area contributed by atoms with E-state index in [-0.39, 0.29) is 23.6 Å². The van der Waals surface area contributed by atoms with Crippen LogP contribution >= 0.6 is 0 Å². The molecule has 1 atom stereocenters. The average molecular weight is 402 g/mol. The number of hydrogen-bond donors (Lipinski definition) is 2. The summed E-state index contributed by atoms with van der Waals surface area (Å²) in [6, 6.07) is 7.38. The van der Waals surface area contributed by atoms with Crippen LogP contribution in [0.4, 0.5) is 5.69 Å². The van der Waals surface area contributed by atoms with Crippen LogP contribution in [0.5, 0.6) is 0 Å². The Balaban J connectivity index is 1.68. The van der Waals surface area contributed by atoms with Crippen molar-refractivity contribution < 1.29 is 14.4 Å². The van der Waals surface area contributed by atoms with Crippen molar-refractivity contribution in [3.8, 4) is 0 Å². The Morgan fingerprint density at radius 3 is 2.55 bits per heavy atom. The summed E-state index contributed by atoms with van der Waals surface area (Å²) in [6.07, 6.45) is 6.94. The number of hydrogen-bond acceptors (Lipinski definition) is 4. The minimum atomic E-state index is -0.333. The molecule has 0 radical (unpaired) electrons. The molecule has 1 heterocycles. The van der Waals surface area contributed by atoms with Crippen LogP contribution in [0.25, 0.3) is 0 Å². The lowest BCUT2D eigenvalue weighted by Gasteiger charge is -2.21. The molecule has 1 unspecified atom stereocenters. The van der Waals surface area contributed by atoms with Gasteiger partial charge in [0.25, 0.3) is 0 Å². The van der Waals surface area contributed by atoms with Crippen LogP contribution in [0.15, 0.2) is 24.3 Å². The Morgan fingerprint density at radius 2 is 1.83 bits per heavy atom. The summed E-state index contributed by atoms with van der Waals surface area (Å²) in [6.45, 7) is 7.78. The lowest BCUT2D eigenvalue weighted by atomic mass is 9.90. The molecule has 1 aromatic rings. The Hall–Kier alpha value is -2.21. The maximum Gasteiger partial charge on any atom is 0.234 e. The summed E-state index contributed by atoms with van der Waals surface area (Å²) < 4.78 is 0. The molecule has 3 amide bonds. The molecule has 6 heteroatoms. The number of carbonyl (C=O) groups is 3. The molecular weight excluding hydrogens is 366 g/mol. The fraction of sp³-hybridized carbons (Fsp3) is 0.609. The van der Waals surface area contributed by atoms with Gasteiger partial charge in [0.1, 0.15) is 0 Å². The number of carbonyl (C=O) groups excluding carboxylic acids is 3. The van der Waals surface area contributed by atoms with Crippen molar-refractivity contribution in [1.29, 1.82) is 0 Å². The fourth-order valence-electron chi connectivity index (χ4n) is 3.76. The SMILES string of the molecule is CCN(CC)CCCCCCCC(=O)Nc1cccc(C2CCC(=O)NC2=O)c1. The Labute approximate surface area is 174 Å². The first kappa shape index (κ1) is 23.1. The van der Waals surface area contributed by atoms with Crippen molar-refractivity contribution in [2.45, 2.75) is 71.1 Å². The molecule has 0 bridgehead atoms. The van der Waals surface area contributed by atoms with Gasteiger partial charge in [-0.2, -0.15) is 0 Å².